The van der Waals surface area contributed by atoms with E-state index >= 15 is 0 Å². The minimum Gasteiger partial charge on any atom is -0.315 e. The molecule has 2 heteroatoms. The van der Waals surface area contributed by atoms with E-state index in [-0.39, 0.29) is 5.54 Å². The largest absolute Gasteiger partial charge is 0.315 e. The Morgan fingerprint density at radius 1 is 1.06 bits per heavy atom. The Labute approximate surface area is 102 Å². The first-order valence-corrected chi connectivity index (χ1v) is 6.90. The molecule has 1 aliphatic carbocycles. The van der Waals surface area contributed by atoms with E-state index in [1.54, 1.807) is 0 Å². The van der Waals surface area contributed by atoms with E-state index < -0.39 is 0 Å². The molecule has 0 unspecified atom stereocenters. The van der Waals surface area contributed by atoms with Crippen LogP contribution >= 0.6 is 0 Å². The highest BCUT2D eigenvalue weighted by Crippen LogP contribution is 2.22. The Morgan fingerprint density at radius 3 is 2.12 bits per heavy atom. The zero-order valence-corrected chi connectivity index (χ0v) is 11.7. The van der Waals surface area contributed by atoms with Crippen LogP contribution in [-0.4, -0.2) is 37.6 Å². The Morgan fingerprint density at radius 2 is 1.62 bits per heavy atom. The molecule has 0 aromatic rings. The molecular weight excluding hydrogens is 196 g/mol. The summed E-state index contributed by atoms with van der Waals surface area (Å²) in [5.41, 5.74) is 0.269. The summed E-state index contributed by atoms with van der Waals surface area (Å²) in [6.45, 7) is 6.91. The second-order valence-electron chi connectivity index (χ2n) is 6.20. The van der Waals surface area contributed by atoms with Crippen molar-refractivity contribution in [2.75, 3.05) is 27.2 Å². The predicted octanol–water partition coefficient (Wildman–Crippen LogP) is 2.89. The molecule has 0 amide bonds. The van der Waals surface area contributed by atoms with E-state index in [0.717, 1.165) is 12.5 Å². The highest BCUT2D eigenvalue weighted by molar-refractivity contribution is 4.80. The van der Waals surface area contributed by atoms with Crippen molar-refractivity contribution in [2.45, 2.75) is 57.9 Å². The lowest BCUT2D eigenvalue weighted by Crippen LogP contribution is -2.47. The standard InChI is InChI=1S/C14H30N2/c1-14(2,16(3)4)12-15-11-13-9-7-5-6-8-10-13/h13,15H,5-12H2,1-4H3. The molecule has 1 rings (SSSR count). The third kappa shape index (κ3) is 4.84. The van der Waals surface area contributed by atoms with Crippen molar-refractivity contribution in [1.82, 2.24) is 10.2 Å². The van der Waals surface area contributed by atoms with E-state index in [2.05, 4.69) is 38.2 Å². The molecule has 96 valence electrons. The van der Waals surface area contributed by atoms with Gasteiger partial charge in [0, 0.05) is 12.1 Å². The lowest BCUT2D eigenvalue weighted by molar-refractivity contribution is 0.187. The molecule has 1 fully saturated rings. The van der Waals surface area contributed by atoms with Crippen LogP contribution in [0.25, 0.3) is 0 Å². The Bertz CT molecular complexity index is 179. The SMILES string of the molecule is CN(C)C(C)(C)CNCC1CCCCCC1. The van der Waals surface area contributed by atoms with Gasteiger partial charge in [-0.15, -0.1) is 0 Å². The first kappa shape index (κ1) is 14.0. The minimum atomic E-state index is 0.269. The molecule has 2 nitrogen and oxygen atoms in total. The monoisotopic (exact) mass is 226 g/mol. The van der Waals surface area contributed by atoms with Gasteiger partial charge in [0.1, 0.15) is 0 Å². The summed E-state index contributed by atoms with van der Waals surface area (Å²) in [5.74, 6) is 0.931. The van der Waals surface area contributed by atoms with E-state index in [1.807, 2.05) is 0 Å². The van der Waals surface area contributed by atoms with Crippen LogP contribution in [-0.2, 0) is 0 Å². The van der Waals surface area contributed by atoms with Crippen LogP contribution in [0.4, 0.5) is 0 Å². The van der Waals surface area contributed by atoms with Gasteiger partial charge in [0.05, 0.1) is 0 Å². The normalized spacial score (nSPS) is 20.1. The highest BCUT2D eigenvalue weighted by Gasteiger charge is 2.20. The highest BCUT2D eigenvalue weighted by atomic mass is 15.2. The topological polar surface area (TPSA) is 15.3 Å². The molecule has 0 aromatic carbocycles. The second kappa shape index (κ2) is 6.61. The molecule has 1 N–H and O–H groups in total. The molecule has 0 aromatic heterocycles. The zero-order chi connectivity index (χ0) is 12.0. The average Bonchev–Trinajstić information content (AvgIpc) is 2.46. The molecule has 0 aliphatic heterocycles. The van der Waals surface area contributed by atoms with Gasteiger partial charge in [-0.05, 0) is 53.2 Å². The fourth-order valence-corrected chi connectivity index (χ4v) is 2.31. The van der Waals surface area contributed by atoms with Gasteiger partial charge < -0.3 is 10.2 Å². The molecule has 0 bridgehead atoms. The minimum absolute atomic E-state index is 0.269. The van der Waals surface area contributed by atoms with Crippen LogP contribution in [0.15, 0.2) is 0 Å². The van der Waals surface area contributed by atoms with Crippen LogP contribution in [0, 0.1) is 5.92 Å². The van der Waals surface area contributed by atoms with Gasteiger partial charge in [0.15, 0.2) is 0 Å². The van der Waals surface area contributed by atoms with Gasteiger partial charge in [0.2, 0.25) is 0 Å². The summed E-state index contributed by atoms with van der Waals surface area (Å²) >= 11 is 0. The smallest absolute Gasteiger partial charge is 0.0271 e. The van der Waals surface area contributed by atoms with Crippen molar-refractivity contribution in [2.24, 2.45) is 5.92 Å². The number of rotatable bonds is 5. The van der Waals surface area contributed by atoms with Gasteiger partial charge in [-0.2, -0.15) is 0 Å². The summed E-state index contributed by atoms with van der Waals surface area (Å²) in [6, 6.07) is 0. The van der Waals surface area contributed by atoms with Crippen LogP contribution in [0.5, 0.6) is 0 Å². The van der Waals surface area contributed by atoms with Crippen LogP contribution < -0.4 is 5.32 Å². The number of hydrogen-bond donors (Lipinski definition) is 1. The third-order valence-electron chi connectivity index (χ3n) is 4.18. The van der Waals surface area contributed by atoms with Gasteiger partial charge in [-0.25, -0.2) is 0 Å². The maximum absolute atomic E-state index is 3.66. The Balaban J connectivity index is 2.18. The van der Waals surface area contributed by atoms with Crippen molar-refractivity contribution >= 4 is 0 Å². The quantitative estimate of drug-likeness (QED) is 0.725. The van der Waals surface area contributed by atoms with Crippen LogP contribution in [0.1, 0.15) is 52.4 Å². The van der Waals surface area contributed by atoms with Crippen LogP contribution in [0.3, 0.4) is 0 Å². The second-order valence-corrected chi connectivity index (χ2v) is 6.20. The van der Waals surface area contributed by atoms with Gasteiger partial charge in [0.25, 0.3) is 0 Å². The first-order chi connectivity index (χ1) is 7.52. The summed E-state index contributed by atoms with van der Waals surface area (Å²) in [5, 5.41) is 3.66. The number of nitrogens with one attached hydrogen (secondary N) is 1. The van der Waals surface area contributed by atoms with E-state index in [4.69, 9.17) is 0 Å². The molecular formula is C14H30N2. The van der Waals surface area contributed by atoms with Gasteiger partial charge in [-0.3, -0.25) is 0 Å². The summed E-state index contributed by atoms with van der Waals surface area (Å²) in [7, 11) is 4.32. The lowest BCUT2D eigenvalue weighted by atomic mass is 9.99. The molecule has 1 aliphatic rings. The lowest BCUT2D eigenvalue weighted by Gasteiger charge is -2.33. The summed E-state index contributed by atoms with van der Waals surface area (Å²) < 4.78 is 0. The molecule has 1 saturated carbocycles. The number of nitrogens with zero attached hydrogens (tertiary/aromatic N) is 1. The van der Waals surface area contributed by atoms with Crippen molar-refractivity contribution in [3.8, 4) is 0 Å². The van der Waals surface area contributed by atoms with E-state index in [9.17, 15) is 0 Å². The molecule has 0 atom stereocenters. The molecule has 0 saturated heterocycles. The van der Waals surface area contributed by atoms with Gasteiger partial charge in [-0.1, -0.05) is 25.7 Å². The molecule has 16 heavy (non-hydrogen) atoms. The molecule has 0 heterocycles. The maximum Gasteiger partial charge on any atom is 0.0271 e. The number of likely N-dealkylation sites (N-methyl/N-ethyl adjacent to an activating group) is 1. The first-order valence-electron chi connectivity index (χ1n) is 6.90. The summed E-state index contributed by atoms with van der Waals surface area (Å²) in [6.07, 6.45) is 8.69. The fraction of sp³-hybridized carbons (Fsp3) is 1.00. The van der Waals surface area contributed by atoms with Crippen molar-refractivity contribution in [3.05, 3.63) is 0 Å². The molecule has 0 radical (unpaired) electrons. The van der Waals surface area contributed by atoms with Crippen molar-refractivity contribution in [1.29, 1.82) is 0 Å². The number of hydrogen-bond acceptors (Lipinski definition) is 2. The maximum atomic E-state index is 3.66. The van der Waals surface area contributed by atoms with Crippen molar-refractivity contribution < 1.29 is 0 Å². The van der Waals surface area contributed by atoms with Gasteiger partial charge >= 0.3 is 0 Å². The van der Waals surface area contributed by atoms with E-state index in [1.165, 1.54) is 45.1 Å². The zero-order valence-electron chi connectivity index (χ0n) is 11.7. The average molecular weight is 226 g/mol. The van der Waals surface area contributed by atoms with E-state index in [0.29, 0.717) is 0 Å². The fourth-order valence-electron chi connectivity index (χ4n) is 2.31. The third-order valence-corrected chi connectivity index (χ3v) is 4.18. The predicted molar refractivity (Wildman–Crippen MR) is 71.8 cm³/mol. The Hall–Kier alpha value is -0.0800. The van der Waals surface area contributed by atoms with Crippen molar-refractivity contribution in [3.63, 3.8) is 0 Å². The summed E-state index contributed by atoms with van der Waals surface area (Å²) in [4.78, 5) is 2.30. The molecule has 0 spiro atoms. The van der Waals surface area contributed by atoms with Crippen LogP contribution in [0.2, 0.25) is 0 Å². The Kier molecular flexibility index (Phi) is 5.77.